The summed E-state index contributed by atoms with van der Waals surface area (Å²) >= 11 is 3.32. The Morgan fingerprint density at radius 3 is 2.56 bits per heavy atom. The van der Waals surface area contributed by atoms with E-state index in [4.69, 9.17) is 0 Å². The summed E-state index contributed by atoms with van der Waals surface area (Å²) < 4.78 is 0.724. The lowest BCUT2D eigenvalue weighted by Crippen LogP contribution is -2.01. The van der Waals surface area contributed by atoms with Crippen molar-refractivity contribution in [2.24, 2.45) is 0 Å². The van der Waals surface area contributed by atoms with Gasteiger partial charge in [0.1, 0.15) is 5.75 Å². The molecule has 2 rings (SSSR count). The van der Waals surface area contributed by atoms with E-state index in [0.29, 0.717) is 0 Å². The van der Waals surface area contributed by atoms with Crippen LogP contribution in [-0.2, 0) is 6.54 Å². The predicted octanol–water partition coefficient (Wildman–Crippen LogP) is 4.38. The van der Waals surface area contributed by atoms with Crippen molar-refractivity contribution in [3.8, 4) is 5.75 Å². The molecule has 0 aromatic heterocycles. The van der Waals surface area contributed by atoms with Crippen LogP contribution in [-0.4, -0.2) is 5.11 Å². The van der Waals surface area contributed by atoms with Gasteiger partial charge in [-0.3, -0.25) is 0 Å². The van der Waals surface area contributed by atoms with E-state index < -0.39 is 0 Å². The molecule has 0 heterocycles. The smallest absolute Gasteiger partial charge is 0.129 e. The van der Waals surface area contributed by atoms with E-state index in [9.17, 15) is 5.11 Å². The molecule has 0 saturated heterocycles. The van der Waals surface area contributed by atoms with Crippen molar-refractivity contribution in [1.82, 2.24) is 0 Å². The molecule has 0 aliphatic rings. The van der Waals surface area contributed by atoms with Gasteiger partial charge < -0.3 is 10.4 Å². The number of aromatic hydroxyl groups is 1. The van der Waals surface area contributed by atoms with Crippen molar-refractivity contribution in [1.29, 1.82) is 0 Å². The first-order valence-electron chi connectivity index (χ1n) is 5.85. The van der Waals surface area contributed by atoms with Crippen LogP contribution in [0, 0.1) is 13.8 Å². The molecular weight excluding hydrogens is 290 g/mol. The Morgan fingerprint density at radius 2 is 1.89 bits per heavy atom. The zero-order valence-electron chi connectivity index (χ0n) is 10.5. The molecule has 0 atom stereocenters. The molecule has 0 aliphatic heterocycles. The van der Waals surface area contributed by atoms with Crippen LogP contribution in [0.1, 0.15) is 16.7 Å². The highest BCUT2D eigenvalue weighted by Crippen LogP contribution is 2.25. The first-order chi connectivity index (χ1) is 8.56. The summed E-state index contributed by atoms with van der Waals surface area (Å²) in [5, 5.41) is 12.8. The van der Waals surface area contributed by atoms with Crippen LogP contribution in [0.15, 0.2) is 40.9 Å². The van der Waals surface area contributed by atoms with Gasteiger partial charge in [-0.05, 0) is 59.1 Å². The Kier molecular flexibility index (Phi) is 3.92. The van der Waals surface area contributed by atoms with Gasteiger partial charge in [0.25, 0.3) is 0 Å². The fourth-order valence-electron chi connectivity index (χ4n) is 1.87. The Hall–Kier alpha value is -1.48. The summed E-state index contributed by atoms with van der Waals surface area (Å²) in [5.74, 6) is 0.269. The minimum absolute atomic E-state index is 0.269. The van der Waals surface area contributed by atoms with E-state index in [1.165, 1.54) is 11.1 Å². The molecule has 0 aliphatic carbocycles. The monoisotopic (exact) mass is 305 g/mol. The molecule has 0 amide bonds. The number of hydrogen-bond donors (Lipinski definition) is 2. The minimum atomic E-state index is 0.269. The summed E-state index contributed by atoms with van der Waals surface area (Å²) in [6.07, 6.45) is 0. The van der Waals surface area contributed by atoms with Gasteiger partial charge in [0.15, 0.2) is 0 Å². The number of benzene rings is 2. The van der Waals surface area contributed by atoms with E-state index in [1.807, 2.05) is 12.1 Å². The third-order valence-electron chi connectivity index (χ3n) is 2.88. The second kappa shape index (κ2) is 5.44. The van der Waals surface area contributed by atoms with Gasteiger partial charge >= 0.3 is 0 Å². The van der Waals surface area contributed by atoms with Gasteiger partial charge in [0.2, 0.25) is 0 Å². The van der Waals surface area contributed by atoms with Crippen molar-refractivity contribution in [3.05, 3.63) is 57.6 Å². The molecule has 3 heteroatoms. The topological polar surface area (TPSA) is 32.3 Å². The van der Waals surface area contributed by atoms with Gasteiger partial charge in [-0.15, -0.1) is 0 Å². The van der Waals surface area contributed by atoms with Crippen LogP contribution in [0.3, 0.4) is 0 Å². The molecule has 2 aromatic carbocycles. The largest absolute Gasteiger partial charge is 0.507 e. The maximum absolute atomic E-state index is 9.44. The summed E-state index contributed by atoms with van der Waals surface area (Å²) in [6, 6.07) is 11.9. The Balaban J connectivity index is 2.09. The Labute approximate surface area is 116 Å². The number of anilines is 1. The maximum atomic E-state index is 9.44. The van der Waals surface area contributed by atoms with Gasteiger partial charge in [-0.2, -0.15) is 0 Å². The van der Waals surface area contributed by atoms with Crippen molar-refractivity contribution >= 4 is 21.6 Å². The lowest BCUT2D eigenvalue weighted by Gasteiger charge is -2.11. The maximum Gasteiger partial charge on any atom is 0.129 e. The predicted molar refractivity (Wildman–Crippen MR) is 79.0 cm³/mol. The number of hydrogen-bond acceptors (Lipinski definition) is 2. The zero-order chi connectivity index (χ0) is 13.1. The molecule has 0 spiro atoms. The first-order valence-corrected chi connectivity index (χ1v) is 6.64. The average molecular weight is 306 g/mol. The van der Waals surface area contributed by atoms with Crippen LogP contribution in [0.5, 0.6) is 5.75 Å². The summed E-state index contributed by atoms with van der Waals surface area (Å²) in [4.78, 5) is 0. The number of phenols is 1. The second-order valence-corrected chi connectivity index (χ2v) is 5.31. The molecule has 18 heavy (non-hydrogen) atoms. The van der Waals surface area contributed by atoms with E-state index in [2.05, 4.69) is 53.3 Å². The van der Waals surface area contributed by atoms with Crippen LogP contribution in [0.25, 0.3) is 0 Å². The molecular formula is C15H16BrNO. The quantitative estimate of drug-likeness (QED) is 0.882. The average Bonchev–Trinajstić information content (AvgIpc) is 2.32. The first kappa shape index (κ1) is 13.0. The molecule has 0 radical (unpaired) electrons. The summed E-state index contributed by atoms with van der Waals surface area (Å²) in [7, 11) is 0. The van der Waals surface area contributed by atoms with Crippen molar-refractivity contribution in [2.75, 3.05) is 5.32 Å². The van der Waals surface area contributed by atoms with Crippen molar-refractivity contribution in [2.45, 2.75) is 20.4 Å². The van der Waals surface area contributed by atoms with Crippen LogP contribution < -0.4 is 5.32 Å². The summed E-state index contributed by atoms with van der Waals surface area (Å²) in [6.45, 7) is 4.93. The lowest BCUT2D eigenvalue weighted by atomic mass is 10.1. The van der Waals surface area contributed by atoms with Crippen LogP contribution in [0.4, 0.5) is 5.69 Å². The molecule has 0 fully saturated rings. The Bertz CT molecular complexity index is 566. The molecule has 2 nitrogen and oxygen atoms in total. The van der Waals surface area contributed by atoms with Gasteiger partial charge in [-0.1, -0.05) is 23.8 Å². The fraction of sp³-hybridized carbons (Fsp3) is 0.200. The summed E-state index contributed by atoms with van der Waals surface area (Å²) in [5.41, 5.74) is 4.78. The number of halogens is 1. The normalized spacial score (nSPS) is 10.4. The number of aryl methyl sites for hydroxylation is 2. The van der Waals surface area contributed by atoms with Crippen molar-refractivity contribution < 1.29 is 5.11 Å². The lowest BCUT2D eigenvalue weighted by molar-refractivity contribution is 0.471. The molecule has 0 bridgehead atoms. The number of phenolic OH excluding ortho intramolecular Hbond substituents is 1. The fourth-order valence-corrected chi connectivity index (χ4v) is 2.30. The van der Waals surface area contributed by atoms with Crippen LogP contribution in [0.2, 0.25) is 0 Å². The molecule has 2 aromatic rings. The highest BCUT2D eigenvalue weighted by molar-refractivity contribution is 9.10. The van der Waals surface area contributed by atoms with E-state index in [1.54, 1.807) is 6.07 Å². The van der Waals surface area contributed by atoms with E-state index in [-0.39, 0.29) is 5.75 Å². The molecule has 94 valence electrons. The SMILES string of the molecule is Cc1ccc(NCc2ccc(O)c(Br)c2)c(C)c1. The van der Waals surface area contributed by atoms with Gasteiger partial charge in [-0.25, -0.2) is 0 Å². The van der Waals surface area contributed by atoms with Crippen molar-refractivity contribution in [3.63, 3.8) is 0 Å². The standard InChI is InChI=1S/C15H16BrNO/c1-10-3-5-14(11(2)7-10)17-9-12-4-6-15(18)13(16)8-12/h3-8,17-18H,9H2,1-2H3. The number of rotatable bonds is 3. The minimum Gasteiger partial charge on any atom is -0.507 e. The molecule has 0 saturated carbocycles. The third kappa shape index (κ3) is 3.05. The Morgan fingerprint density at radius 1 is 1.11 bits per heavy atom. The van der Waals surface area contributed by atoms with Crippen LogP contribution >= 0.6 is 15.9 Å². The molecule has 2 N–H and O–H groups in total. The molecule has 0 unspecified atom stereocenters. The second-order valence-electron chi connectivity index (χ2n) is 4.46. The zero-order valence-corrected chi connectivity index (χ0v) is 12.1. The highest BCUT2D eigenvalue weighted by atomic mass is 79.9. The van der Waals surface area contributed by atoms with E-state index >= 15 is 0 Å². The highest BCUT2D eigenvalue weighted by Gasteiger charge is 2.01. The third-order valence-corrected chi connectivity index (χ3v) is 3.51. The van der Waals surface area contributed by atoms with Gasteiger partial charge in [0.05, 0.1) is 4.47 Å². The van der Waals surface area contributed by atoms with E-state index in [0.717, 1.165) is 22.3 Å². The van der Waals surface area contributed by atoms with Gasteiger partial charge in [0, 0.05) is 12.2 Å². The number of nitrogens with one attached hydrogen (secondary N) is 1.